The van der Waals surface area contributed by atoms with Crippen LogP contribution in [-0.2, 0) is 0 Å². The van der Waals surface area contributed by atoms with E-state index in [2.05, 4.69) is 27.7 Å². The van der Waals surface area contributed by atoms with Crippen LogP contribution in [0.25, 0.3) is 0 Å². The molecule has 0 fully saturated rings. The van der Waals surface area contributed by atoms with Crippen molar-refractivity contribution in [3.8, 4) is 0 Å². The van der Waals surface area contributed by atoms with Gasteiger partial charge in [0.05, 0.1) is 13.1 Å². The second-order valence-corrected chi connectivity index (χ2v) is 8.76. The standard InChI is InChI=1S/C24H52NO2.ClH/c1-5-9-10-11-12-13-14-15-16-17-18-19-20-25(8-4,21-23(26)6-2)22-24(27)7-3;/h23-24,26-27H,5-22H2,1-4H3;1H/q+1;/p-1. The maximum absolute atomic E-state index is 10.2. The molecule has 2 atom stereocenters. The molecule has 0 aliphatic carbocycles. The minimum atomic E-state index is -0.244. The summed E-state index contributed by atoms with van der Waals surface area (Å²) in [5.74, 6) is 0. The fourth-order valence-electron chi connectivity index (χ4n) is 4.11. The maximum atomic E-state index is 10.2. The molecule has 0 aliphatic heterocycles. The molecule has 0 spiro atoms. The number of nitrogens with zero attached hydrogens (tertiary/aromatic N) is 1. The van der Waals surface area contributed by atoms with E-state index in [1.54, 1.807) is 0 Å². The smallest absolute Gasteiger partial charge is 0.105 e. The normalized spacial score (nSPS) is 15.6. The van der Waals surface area contributed by atoms with E-state index >= 15 is 0 Å². The number of aliphatic hydroxyl groups is 2. The van der Waals surface area contributed by atoms with Gasteiger partial charge < -0.3 is 27.1 Å². The Morgan fingerprint density at radius 2 is 0.929 bits per heavy atom. The molecule has 0 aliphatic rings. The van der Waals surface area contributed by atoms with Gasteiger partial charge in [-0.1, -0.05) is 85.0 Å². The first-order valence-corrected chi connectivity index (χ1v) is 12.2. The SMILES string of the molecule is CCCCCCCCCCCCCC[N+](CC)(CC(O)CC)CC(O)CC.[Cl-]. The lowest BCUT2D eigenvalue weighted by Crippen LogP contribution is -3.00. The van der Waals surface area contributed by atoms with E-state index in [1.165, 1.54) is 77.0 Å². The highest BCUT2D eigenvalue weighted by Gasteiger charge is 2.30. The summed E-state index contributed by atoms with van der Waals surface area (Å²) in [6.45, 7) is 12.3. The fraction of sp³-hybridized carbons (Fsp3) is 1.00. The second kappa shape index (κ2) is 20.4. The molecule has 28 heavy (non-hydrogen) atoms. The number of quaternary nitrogens is 1. The number of likely N-dealkylation sites (N-methyl/N-ethyl adjacent to an activating group) is 1. The molecule has 0 saturated carbocycles. The summed E-state index contributed by atoms with van der Waals surface area (Å²) in [4.78, 5) is 0. The molecule has 0 bridgehead atoms. The van der Waals surface area contributed by atoms with Crippen molar-refractivity contribution in [3.05, 3.63) is 0 Å². The van der Waals surface area contributed by atoms with Gasteiger partial charge in [-0.15, -0.1) is 0 Å². The van der Waals surface area contributed by atoms with Crippen LogP contribution in [0.1, 0.15) is 118 Å². The van der Waals surface area contributed by atoms with Gasteiger partial charge in [0.25, 0.3) is 0 Å². The fourth-order valence-corrected chi connectivity index (χ4v) is 4.11. The van der Waals surface area contributed by atoms with Crippen molar-refractivity contribution >= 4 is 0 Å². The van der Waals surface area contributed by atoms with Gasteiger partial charge in [0.2, 0.25) is 0 Å². The molecule has 0 aromatic carbocycles. The van der Waals surface area contributed by atoms with E-state index in [-0.39, 0.29) is 24.6 Å². The highest BCUT2D eigenvalue weighted by molar-refractivity contribution is 4.59. The summed E-state index contributed by atoms with van der Waals surface area (Å²) in [6, 6.07) is 0. The number of hydrogen-bond donors (Lipinski definition) is 2. The van der Waals surface area contributed by atoms with Crippen LogP contribution in [0.3, 0.4) is 0 Å². The number of hydrogen-bond acceptors (Lipinski definition) is 2. The third kappa shape index (κ3) is 16.0. The van der Waals surface area contributed by atoms with Gasteiger partial charge in [-0.3, -0.25) is 0 Å². The monoisotopic (exact) mass is 421 g/mol. The van der Waals surface area contributed by atoms with Crippen LogP contribution in [0, 0.1) is 0 Å². The Morgan fingerprint density at radius 1 is 0.571 bits per heavy atom. The Morgan fingerprint density at radius 3 is 1.25 bits per heavy atom. The van der Waals surface area contributed by atoms with Crippen LogP contribution in [-0.4, -0.2) is 53.1 Å². The summed E-state index contributed by atoms with van der Waals surface area (Å²) >= 11 is 0. The van der Waals surface area contributed by atoms with Crippen LogP contribution >= 0.6 is 0 Å². The van der Waals surface area contributed by atoms with Crippen LogP contribution in [0.15, 0.2) is 0 Å². The van der Waals surface area contributed by atoms with E-state index in [4.69, 9.17) is 0 Å². The quantitative estimate of drug-likeness (QED) is 0.234. The zero-order chi connectivity index (χ0) is 20.4. The minimum Gasteiger partial charge on any atom is -1.00 e. The van der Waals surface area contributed by atoms with Crippen molar-refractivity contribution in [2.75, 3.05) is 26.2 Å². The zero-order valence-corrected chi connectivity index (χ0v) is 20.4. The number of halogens is 1. The van der Waals surface area contributed by atoms with Gasteiger partial charge in [-0.25, -0.2) is 0 Å². The Bertz CT molecular complexity index is 303. The summed E-state index contributed by atoms with van der Waals surface area (Å²) in [6.07, 6.45) is 17.6. The Kier molecular flexibility index (Phi) is 22.2. The van der Waals surface area contributed by atoms with Crippen molar-refractivity contribution < 1.29 is 27.1 Å². The van der Waals surface area contributed by atoms with Crippen molar-refractivity contribution in [3.63, 3.8) is 0 Å². The molecule has 0 aromatic heterocycles. The summed E-state index contributed by atoms with van der Waals surface area (Å²) < 4.78 is 0.877. The molecule has 0 heterocycles. The Hall–Kier alpha value is 0.170. The molecule has 2 unspecified atom stereocenters. The molecule has 3 nitrogen and oxygen atoms in total. The van der Waals surface area contributed by atoms with Crippen molar-refractivity contribution in [2.24, 2.45) is 0 Å². The summed E-state index contributed by atoms with van der Waals surface area (Å²) in [5.41, 5.74) is 0. The highest BCUT2D eigenvalue weighted by atomic mass is 35.5. The predicted molar refractivity (Wildman–Crippen MR) is 119 cm³/mol. The number of unbranched alkanes of at least 4 members (excludes halogenated alkanes) is 11. The lowest BCUT2D eigenvalue weighted by Gasteiger charge is -2.40. The van der Waals surface area contributed by atoms with E-state index in [0.29, 0.717) is 0 Å². The lowest BCUT2D eigenvalue weighted by molar-refractivity contribution is -0.932. The molecular weight excluding hydrogens is 370 g/mol. The summed E-state index contributed by atoms with van der Waals surface area (Å²) in [7, 11) is 0. The van der Waals surface area contributed by atoms with Crippen LogP contribution in [0.4, 0.5) is 0 Å². The second-order valence-electron chi connectivity index (χ2n) is 8.76. The largest absolute Gasteiger partial charge is 1.00 e. The summed E-state index contributed by atoms with van der Waals surface area (Å²) in [5, 5.41) is 20.4. The van der Waals surface area contributed by atoms with Crippen molar-refractivity contribution in [2.45, 2.75) is 130 Å². The molecule has 2 N–H and O–H groups in total. The molecule has 0 saturated heterocycles. The lowest BCUT2D eigenvalue weighted by atomic mass is 10.0. The molecule has 4 heteroatoms. The first kappa shape index (κ1) is 30.4. The predicted octanol–water partition coefficient (Wildman–Crippen LogP) is 3.07. The molecule has 0 aromatic rings. The molecule has 0 rings (SSSR count). The van der Waals surface area contributed by atoms with Gasteiger partial charge in [-0.05, 0) is 32.6 Å². The Balaban J connectivity index is 0. The topological polar surface area (TPSA) is 40.5 Å². The average Bonchev–Trinajstić information content (AvgIpc) is 2.68. The van der Waals surface area contributed by atoms with Gasteiger partial charge in [0.1, 0.15) is 25.3 Å². The molecular formula is C24H52ClNO2. The van der Waals surface area contributed by atoms with Crippen LogP contribution < -0.4 is 12.4 Å². The molecule has 0 radical (unpaired) electrons. The van der Waals surface area contributed by atoms with Crippen LogP contribution in [0.5, 0.6) is 0 Å². The van der Waals surface area contributed by atoms with E-state index in [9.17, 15) is 10.2 Å². The van der Waals surface area contributed by atoms with Gasteiger partial charge >= 0.3 is 0 Å². The average molecular weight is 422 g/mol. The number of aliphatic hydroxyl groups excluding tert-OH is 2. The van der Waals surface area contributed by atoms with E-state index in [0.717, 1.165) is 43.5 Å². The van der Waals surface area contributed by atoms with Crippen molar-refractivity contribution in [1.29, 1.82) is 0 Å². The van der Waals surface area contributed by atoms with Gasteiger partial charge in [0.15, 0.2) is 0 Å². The van der Waals surface area contributed by atoms with E-state index < -0.39 is 0 Å². The third-order valence-corrected chi connectivity index (χ3v) is 6.30. The van der Waals surface area contributed by atoms with Crippen molar-refractivity contribution in [1.82, 2.24) is 0 Å². The maximum Gasteiger partial charge on any atom is 0.105 e. The van der Waals surface area contributed by atoms with E-state index in [1.807, 2.05) is 0 Å². The number of rotatable bonds is 20. The van der Waals surface area contributed by atoms with Gasteiger partial charge in [0, 0.05) is 0 Å². The molecule has 0 amide bonds. The first-order chi connectivity index (χ1) is 13.0. The Labute approximate surface area is 183 Å². The highest BCUT2D eigenvalue weighted by Crippen LogP contribution is 2.17. The molecule has 172 valence electrons. The minimum absolute atomic E-state index is 0. The van der Waals surface area contributed by atoms with Gasteiger partial charge in [-0.2, -0.15) is 0 Å². The first-order valence-electron chi connectivity index (χ1n) is 12.2. The zero-order valence-electron chi connectivity index (χ0n) is 19.6. The third-order valence-electron chi connectivity index (χ3n) is 6.30. The van der Waals surface area contributed by atoms with Crippen LogP contribution in [0.2, 0.25) is 0 Å².